The van der Waals surface area contributed by atoms with E-state index in [2.05, 4.69) is 15.4 Å². The van der Waals surface area contributed by atoms with Gasteiger partial charge in [-0.1, -0.05) is 0 Å². The van der Waals surface area contributed by atoms with Crippen LogP contribution in [0.2, 0.25) is 0 Å². The molecule has 0 spiro atoms. The molecule has 17 heavy (non-hydrogen) atoms. The molecule has 0 radical (unpaired) electrons. The standard InChI is InChI=1S/C10H17F3N2O2/c11-10(12,13)7-17-6-9(16)15-5-3-8-2-1-4-14-8/h8,14H,1-7H2,(H,15,16)/t8-/m1/s1. The van der Waals surface area contributed by atoms with Gasteiger partial charge in [0.15, 0.2) is 0 Å². The van der Waals surface area contributed by atoms with Gasteiger partial charge in [-0.25, -0.2) is 0 Å². The fraction of sp³-hybridized carbons (Fsp3) is 0.900. The lowest BCUT2D eigenvalue weighted by molar-refractivity contribution is -0.175. The van der Waals surface area contributed by atoms with Crippen molar-refractivity contribution in [2.75, 3.05) is 26.3 Å². The van der Waals surface area contributed by atoms with Crippen LogP contribution in [0, 0.1) is 0 Å². The molecule has 7 heteroatoms. The van der Waals surface area contributed by atoms with E-state index in [4.69, 9.17) is 0 Å². The third-order valence-corrected chi connectivity index (χ3v) is 2.48. The number of hydrogen-bond donors (Lipinski definition) is 2. The quantitative estimate of drug-likeness (QED) is 0.738. The Kier molecular flexibility index (Phi) is 5.70. The van der Waals surface area contributed by atoms with Crippen LogP contribution in [-0.4, -0.2) is 44.4 Å². The van der Waals surface area contributed by atoms with Crippen molar-refractivity contribution in [3.05, 3.63) is 0 Å². The molecule has 0 aliphatic carbocycles. The largest absolute Gasteiger partial charge is 0.411 e. The Bertz CT molecular complexity index is 240. The summed E-state index contributed by atoms with van der Waals surface area (Å²) < 4.78 is 39.3. The number of carbonyl (C=O) groups excluding carboxylic acids is 1. The van der Waals surface area contributed by atoms with E-state index in [1.165, 1.54) is 0 Å². The first-order chi connectivity index (χ1) is 7.97. The molecule has 0 aromatic carbocycles. The predicted octanol–water partition coefficient (Wildman–Crippen LogP) is 0.824. The Morgan fingerprint density at radius 1 is 1.47 bits per heavy atom. The van der Waals surface area contributed by atoms with Crippen molar-refractivity contribution in [3.63, 3.8) is 0 Å². The van der Waals surface area contributed by atoms with E-state index in [-0.39, 0.29) is 0 Å². The summed E-state index contributed by atoms with van der Waals surface area (Å²) in [5.41, 5.74) is 0. The van der Waals surface area contributed by atoms with Crippen LogP contribution in [-0.2, 0) is 9.53 Å². The average Bonchev–Trinajstić information content (AvgIpc) is 2.68. The second-order valence-electron chi connectivity index (χ2n) is 4.04. The average molecular weight is 254 g/mol. The Morgan fingerprint density at radius 3 is 2.82 bits per heavy atom. The molecule has 0 aromatic rings. The highest BCUT2D eigenvalue weighted by molar-refractivity contribution is 5.77. The first-order valence-corrected chi connectivity index (χ1v) is 5.62. The third-order valence-electron chi connectivity index (χ3n) is 2.48. The first-order valence-electron chi connectivity index (χ1n) is 5.62. The Morgan fingerprint density at radius 2 is 2.24 bits per heavy atom. The van der Waals surface area contributed by atoms with Crippen molar-refractivity contribution < 1.29 is 22.7 Å². The molecular formula is C10H17F3N2O2. The molecule has 0 bridgehead atoms. The summed E-state index contributed by atoms with van der Waals surface area (Å²) in [6.45, 7) is -0.471. The number of alkyl halides is 3. The number of rotatable bonds is 6. The summed E-state index contributed by atoms with van der Waals surface area (Å²) in [4.78, 5) is 11.1. The normalized spacial score (nSPS) is 20.5. The Hall–Kier alpha value is -0.820. The van der Waals surface area contributed by atoms with E-state index < -0.39 is 25.3 Å². The van der Waals surface area contributed by atoms with Gasteiger partial charge in [-0.15, -0.1) is 0 Å². The molecule has 100 valence electrons. The van der Waals surface area contributed by atoms with E-state index >= 15 is 0 Å². The second-order valence-corrected chi connectivity index (χ2v) is 4.04. The number of nitrogens with one attached hydrogen (secondary N) is 2. The van der Waals surface area contributed by atoms with Gasteiger partial charge in [0, 0.05) is 12.6 Å². The molecule has 1 saturated heterocycles. The summed E-state index contributed by atoms with van der Waals surface area (Å²) in [5.74, 6) is -0.507. The zero-order valence-electron chi connectivity index (χ0n) is 9.48. The van der Waals surface area contributed by atoms with Crippen LogP contribution in [0.4, 0.5) is 13.2 Å². The minimum atomic E-state index is -4.38. The lowest BCUT2D eigenvalue weighted by Gasteiger charge is -2.11. The van der Waals surface area contributed by atoms with E-state index in [1.54, 1.807) is 0 Å². The molecule has 4 nitrogen and oxygen atoms in total. The number of carbonyl (C=O) groups is 1. The van der Waals surface area contributed by atoms with Gasteiger partial charge in [0.05, 0.1) is 0 Å². The van der Waals surface area contributed by atoms with Gasteiger partial charge in [-0.2, -0.15) is 13.2 Å². The highest BCUT2D eigenvalue weighted by atomic mass is 19.4. The maximum atomic E-state index is 11.7. The highest BCUT2D eigenvalue weighted by Crippen LogP contribution is 2.14. The molecule has 2 N–H and O–H groups in total. The molecule has 0 unspecified atom stereocenters. The smallest absolute Gasteiger partial charge is 0.362 e. The number of hydrogen-bond acceptors (Lipinski definition) is 3. The van der Waals surface area contributed by atoms with Crippen molar-refractivity contribution in [1.82, 2.24) is 10.6 Å². The Balaban J connectivity index is 1.97. The van der Waals surface area contributed by atoms with Crippen LogP contribution in [0.1, 0.15) is 19.3 Å². The fourth-order valence-corrected chi connectivity index (χ4v) is 1.70. The fourth-order valence-electron chi connectivity index (χ4n) is 1.70. The number of ether oxygens (including phenoxy) is 1. The van der Waals surface area contributed by atoms with Crippen LogP contribution >= 0.6 is 0 Å². The molecule has 1 heterocycles. The topological polar surface area (TPSA) is 50.4 Å². The Labute approximate surface area is 97.9 Å². The molecule has 0 aromatic heterocycles. The molecule has 1 amide bonds. The van der Waals surface area contributed by atoms with E-state index in [0.717, 1.165) is 25.8 Å². The zero-order valence-corrected chi connectivity index (χ0v) is 9.48. The highest BCUT2D eigenvalue weighted by Gasteiger charge is 2.27. The van der Waals surface area contributed by atoms with Gasteiger partial charge in [-0.05, 0) is 25.8 Å². The molecular weight excluding hydrogens is 237 g/mol. The number of halogens is 3. The monoisotopic (exact) mass is 254 g/mol. The van der Waals surface area contributed by atoms with Crippen LogP contribution in [0.5, 0.6) is 0 Å². The van der Waals surface area contributed by atoms with Crippen molar-refractivity contribution in [1.29, 1.82) is 0 Å². The van der Waals surface area contributed by atoms with Gasteiger partial charge < -0.3 is 15.4 Å². The van der Waals surface area contributed by atoms with E-state index in [9.17, 15) is 18.0 Å². The van der Waals surface area contributed by atoms with Crippen LogP contribution in [0.15, 0.2) is 0 Å². The zero-order chi connectivity index (χ0) is 12.7. The summed E-state index contributed by atoms with van der Waals surface area (Å²) in [6.07, 6.45) is -1.37. The molecule has 1 rings (SSSR count). The summed E-state index contributed by atoms with van der Waals surface area (Å²) in [7, 11) is 0. The minimum Gasteiger partial charge on any atom is -0.362 e. The lowest BCUT2D eigenvalue weighted by atomic mass is 10.1. The van der Waals surface area contributed by atoms with Gasteiger partial charge in [0.1, 0.15) is 13.2 Å². The van der Waals surface area contributed by atoms with Crippen LogP contribution in [0.25, 0.3) is 0 Å². The maximum Gasteiger partial charge on any atom is 0.411 e. The summed E-state index contributed by atoms with van der Waals surface area (Å²) in [6, 6.07) is 0.409. The molecule has 1 fully saturated rings. The molecule has 0 saturated carbocycles. The SMILES string of the molecule is O=C(COCC(F)(F)F)NCC[C@H]1CCCN1. The molecule has 1 aliphatic rings. The van der Waals surface area contributed by atoms with Gasteiger partial charge in [0.25, 0.3) is 0 Å². The van der Waals surface area contributed by atoms with Crippen LogP contribution < -0.4 is 10.6 Å². The lowest BCUT2D eigenvalue weighted by Crippen LogP contribution is -2.33. The van der Waals surface area contributed by atoms with Crippen molar-refractivity contribution in [2.45, 2.75) is 31.5 Å². The van der Waals surface area contributed by atoms with Gasteiger partial charge in [0.2, 0.25) is 5.91 Å². The van der Waals surface area contributed by atoms with Gasteiger partial charge >= 0.3 is 6.18 Å². The third kappa shape index (κ3) is 7.17. The predicted molar refractivity (Wildman–Crippen MR) is 55.5 cm³/mol. The molecule has 1 aliphatic heterocycles. The van der Waals surface area contributed by atoms with E-state index in [0.29, 0.717) is 12.6 Å². The summed E-state index contributed by atoms with van der Waals surface area (Å²) in [5, 5.41) is 5.79. The van der Waals surface area contributed by atoms with Crippen LogP contribution in [0.3, 0.4) is 0 Å². The van der Waals surface area contributed by atoms with Gasteiger partial charge in [-0.3, -0.25) is 4.79 Å². The molecule has 1 atom stereocenters. The van der Waals surface area contributed by atoms with E-state index in [1.807, 2.05) is 0 Å². The summed E-state index contributed by atoms with van der Waals surface area (Å²) >= 11 is 0. The van der Waals surface area contributed by atoms with Crippen molar-refractivity contribution in [3.8, 4) is 0 Å². The second kappa shape index (κ2) is 6.80. The minimum absolute atomic E-state index is 0.409. The first kappa shape index (κ1) is 14.2. The number of amides is 1. The van der Waals surface area contributed by atoms with Crippen molar-refractivity contribution >= 4 is 5.91 Å². The maximum absolute atomic E-state index is 11.7. The van der Waals surface area contributed by atoms with Crippen molar-refractivity contribution in [2.24, 2.45) is 0 Å².